The van der Waals surface area contributed by atoms with Crippen molar-refractivity contribution in [1.82, 2.24) is 0 Å². The predicted molar refractivity (Wildman–Crippen MR) is 70.7 cm³/mol. The summed E-state index contributed by atoms with van der Waals surface area (Å²) in [6.07, 6.45) is 0.325. The van der Waals surface area contributed by atoms with Crippen LogP contribution in [0.2, 0.25) is 0 Å². The molecule has 1 rings (SSSR count). The van der Waals surface area contributed by atoms with Gasteiger partial charge in [-0.15, -0.1) is 0 Å². The Morgan fingerprint density at radius 2 is 2.12 bits per heavy atom. The number of rotatable bonds is 4. The molecule has 4 heteroatoms. The lowest BCUT2D eigenvalue weighted by Gasteiger charge is -2.15. The van der Waals surface area contributed by atoms with E-state index in [1.165, 1.54) is 0 Å². The minimum Gasteiger partial charge on any atom is -0.298 e. The molecule has 0 fully saturated rings. The fraction of sp³-hybridized carbons (Fsp3) is 0.333. The molecule has 0 aromatic heterocycles. The van der Waals surface area contributed by atoms with Gasteiger partial charge in [0.05, 0.1) is 17.3 Å². The molecule has 0 saturated heterocycles. The Morgan fingerprint density at radius 1 is 1.50 bits per heavy atom. The summed E-state index contributed by atoms with van der Waals surface area (Å²) in [6, 6.07) is 7.88. The number of hydrogen-bond donors (Lipinski definition) is 0. The Balaban J connectivity index is 3.30. The lowest BCUT2D eigenvalue weighted by atomic mass is 9.96. The van der Waals surface area contributed by atoms with Gasteiger partial charge >= 0.3 is 0 Å². The second-order valence-electron chi connectivity index (χ2n) is 3.43. The molecule has 0 saturated carbocycles. The highest BCUT2D eigenvalue weighted by atomic mass is 79.9. The Kier molecular flexibility index (Phi) is 5.17. The molecule has 0 aliphatic heterocycles. The topological polar surface area (TPSA) is 40.9 Å². The van der Waals surface area contributed by atoms with Crippen molar-refractivity contribution < 1.29 is 4.79 Å². The summed E-state index contributed by atoms with van der Waals surface area (Å²) in [5.74, 6) is 0.0487. The number of carbonyl (C=O) groups excluding carboxylic acids is 1. The first-order valence-corrected chi connectivity index (χ1v) is 6.83. The second-order valence-corrected chi connectivity index (χ2v) is 4.91. The number of Topliss-reactive ketones (excluding diaryl/α,β-unsaturated/α-hetero) is 1. The monoisotopic (exact) mass is 343 g/mol. The van der Waals surface area contributed by atoms with Crippen molar-refractivity contribution >= 4 is 37.6 Å². The van der Waals surface area contributed by atoms with Gasteiger partial charge < -0.3 is 0 Å². The normalized spacial score (nSPS) is 11.9. The lowest BCUT2D eigenvalue weighted by molar-refractivity contribution is -0.116. The molecule has 0 aliphatic carbocycles. The fourth-order valence-electron chi connectivity index (χ4n) is 1.55. The number of hydrogen-bond acceptors (Lipinski definition) is 2. The minimum atomic E-state index is -0.329. The van der Waals surface area contributed by atoms with Crippen molar-refractivity contribution in [2.45, 2.75) is 23.5 Å². The van der Waals surface area contributed by atoms with E-state index in [1.54, 1.807) is 6.92 Å². The molecule has 1 aromatic rings. The molecule has 1 aromatic carbocycles. The highest BCUT2D eigenvalue weighted by Gasteiger charge is 2.19. The van der Waals surface area contributed by atoms with Crippen molar-refractivity contribution in [2.24, 2.45) is 0 Å². The molecule has 2 nitrogen and oxygen atoms in total. The van der Waals surface area contributed by atoms with Crippen LogP contribution in [0.3, 0.4) is 0 Å². The summed E-state index contributed by atoms with van der Waals surface area (Å²) in [4.78, 5) is 11.1. The molecule has 0 aliphatic rings. The van der Waals surface area contributed by atoms with Crippen LogP contribution in [0, 0.1) is 11.3 Å². The molecule has 84 valence electrons. The molecule has 0 amide bonds. The van der Waals surface area contributed by atoms with Gasteiger partial charge in [0.2, 0.25) is 0 Å². The van der Waals surface area contributed by atoms with Crippen LogP contribution in [0.25, 0.3) is 0 Å². The van der Waals surface area contributed by atoms with Crippen LogP contribution in [-0.2, 0) is 16.5 Å². The maximum atomic E-state index is 11.4. The zero-order chi connectivity index (χ0) is 12.1. The molecular formula is C12H11Br2NO. The van der Waals surface area contributed by atoms with E-state index in [0.717, 1.165) is 16.7 Å². The van der Waals surface area contributed by atoms with Gasteiger partial charge in [-0.2, -0.15) is 5.26 Å². The van der Waals surface area contributed by atoms with Crippen LogP contribution in [0.15, 0.2) is 18.2 Å². The van der Waals surface area contributed by atoms with Crippen molar-refractivity contribution in [3.63, 3.8) is 0 Å². The Hall–Kier alpha value is -0.660. The fourth-order valence-corrected chi connectivity index (χ4v) is 2.63. The van der Waals surface area contributed by atoms with E-state index in [2.05, 4.69) is 37.9 Å². The summed E-state index contributed by atoms with van der Waals surface area (Å²) in [5.41, 5.74) is 2.88. The first-order chi connectivity index (χ1) is 7.61. The van der Waals surface area contributed by atoms with Gasteiger partial charge in [-0.25, -0.2) is 0 Å². The molecule has 1 unspecified atom stereocenters. The summed E-state index contributed by atoms with van der Waals surface area (Å²) >= 11 is 6.78. The largest absolute Gasteiger partial charge is 0.298 e. The molecular weight excluding hydrogens is 334 g/mol. The summed E-state index contributed by atoms with van der Waals surface area (Å²) in [6.45, 7) is 1.54. The van der Waals surface area contributed by atoms with E-state index in [9.17, 15) is 4.79 Å². The van der Waals surface area contributed by atoms with Crippen molar-refractivity contribution in [3.05, 3.63) is 34.9 Å². The molecule has 16 heavy (non-hydrogen) atoms. The van der Waals surface area contributed by atoms with E-state index in [1.807, 2.05) is 18.2 Å². The minimum absolute atomic E-state index is 0.0487. The zero-order valence-electron chi connectivity index (χ0n) is 8.84. The number of carbonyl (C=O) groups is 1. The Labute approximate surface area is 112 Å². The molecule has 0 bridgehead atoms. The highest BCUT2D eigenvalue weighted by molar-refractivity contribution is 9.09. The molecule has 0 heterocycles. The third-order valence-electron chi connectivity index (χ3n) is 2.31. The van der Waals surface area contributed by atoms with Gasteiger partial charge in [0.1, 0.15) is 5.78 Å². The van der Waals surface area contributed by atoms with Gasteiger partial charge in [0.15, 0.2) is 0 Å². The van der Waals surface area contributed by atoms with Crippen LogP contribution in [0.4, 0.5) is 0 Å². The number of alkyl halides is 2. The number of benzene rings is 1. The summed E-state index contributed by atoms with van der Waals surface area (Å²) in [5, 5.41) is 9.44. The summed E-state index contributed by atoms with van der Waals surface area (Å²) in [7, 11) is 0. The lowest BCUT2D eigenvalue weighted by Crippen LogP contribution is -2.07. The van der Waals surface area contributed by atoms with Gasteiger partial charge in [-0.3, -0.25) is 4.79 Å². The third-order valence-corrected chi connectivity index (χ3v) is 4.02. The van der Waals surface area contributed by atoms with Crippen LogP contribution in [-0.4, -0.2) is 5.78 Å². The van der Waals surface area contributed by atoms with Crippen LogP contribution < -0.4 is 0 Å². The SMILES string of the molecule is CC(=O)C(Br)c1c(CBr)cccc1CC#N. The van der Waals surface area contributed by atoms with Crippen LogP contribution in [0.1, 0.15) is 28.4 Å². The van der Waals surface area contributed by atoms with E-state index in [0.29, 0.717) is 11.8 Å². The van der Waals surface area contributed by atoms with Crippen LogP contribution in [0.5, 0.6) is 0 Å². The van der Waals surface area contributed by atoms with Gasteiger partial charge in [-0.05, 0) is 23.6 Å². The van der Waals surface area contributed by atoms with E-state index in [-0.39, 0.29) is 10.6 Å². The number of nitrogens with zero attached hydrogens (tertiary/aromatic N) is 1. The van der Waals surface area contributed by atoms with Crippen molar-refractivity contribution in [3.8, 4) is 6.07 Å². The highest BCUT2D eigenvalue weighted by Crippen LogP contribution is 2.31. The van der Waals surface area contributed by atoms with Gasteiger partial charge in [-0.1, -0.05) is 50.1 Å². The average molecular weight is 345 g/mol. The molecule has 0 radical (unpaired) electrons. The predicted octanol–water partition coefficient (Wildman–Crippen LogP) is 3.67. The van der Waals surface area contributed by atoms with E-state index >= 15 is 0 Å². The van der Waals surface area contributed by atoms with Gasteiger partial charge in [0, 0.05) is 5.33 Å². The first kappa shape index (κ1) is 13.4. The van der Waals surface area contributed by atoms with E-state index < -0.39 is 0 Å². The average Bonchev–Trinajstić information content (AvgIpc) is 2.28. The van der Waals surface area contributed by atoms with E-state index in [4.69, 9.17) is 5.26 Å². The number of halogens is 2. The molecule has 1 atom stereocenters. The molecule has 0 N–H and O–H groups in total. The summed E-state index contributed by atoms with van der Waals surface area (Å²) < 4.78 is 0. The standard InChI is InChI=1S/C12H11Br2NO/c1-8(16)12(14)11-9(5-6-15)3-2-4-10(11)7-13/h2-4,12H,5,7H2,1H3. The molecule has 0 spiro atoms. The number of nitriles is 1. The Bertz CT molecular complexity index is 437. The van der Waals surface area contributed by atoms with Gasteiger partial charge in [0.25, 0.3) is 0 Å². The maximum Gasteiger partial charge on any atom is 0.147 e. The quantitative estimate of drug-likeness (QED) is 0.782. The first-order valence-electron chi connectivity index (χ1n) is 4.80. The van der Waals surface area contributed by atoms with Crippen LogP contribution >= 0.6 is 31.9 Å². The second kappa shape index (κ2) is 6.17. The maximum absolute atomic E-state index is 11.4. The Morgan fingerprint density at radius 3 is 2.62 bits per heavy atom. The van der Waals surface area contributed by atoms with Crippen molar-refractivity contribution in [2.75, 3.05) is 0 Å². The zero-order valence-corrected chi connectivity index (χ0v) is 12.0. The third kappa shape index (κ3) is 2.93. The van der Waals surface area contributed by atoms with Crippen molar-refractivity contribution in [1.29, 1.82) is 5.26 Å². The smallest absolute Gasteiger partial charge is 0.147 e. The number of ketones is 1.